The van der Waals surface area contributed by atoms with E-state index in [-0.39, 0.29) is 24.4 Å². The number of benzene rings is 2. The van der Waals surface area contributed by atoms with Crippen LogP contribution >= 0.6 is 0 Å². The molecular formula is C22H27N3O2. The first-order valence-electron chi connectivity index (χ1n) is 9.47. The van der Waals surface area contributed by atoms with Gasteiger partial charge < -0.3 is 15.5 Å². The van der Waals surface area contributed by atoms with Crippen molar-refractivity contribution in [3.63, 3.8) is 0 Å². The number of nitrogens with zero attached hydrogens (tertiary/aromatic N) is 1. The lowest BCUT2D eigenvalue weighted by molar-refractivity contribution is -0.115. The summed E-state index contributed by atoms with van der Waals surface area (Å²) in [6.45, 7) is 6.44. The Kier molecular flexibility index (Phi) is 5.79. The van der Waals surface area contributed by atoms with Gasteiger partial charge in [-0.2, -0.15) is 0 Å². The van der Waals surface area contributed by atoms with Gasteiger partial charge in [0.1, 0.15) is 0 Å². The number of anilines is 2. The van der Waals surface area contributed by atoms with E-state index in [1.807, 2.05) is 31.2 Å². The maximum atomic E-state index is 12.6. The zero-order valence-electron chi connectivity index (χ0n) is 16.2. The van der Waals surface area contributed by atoms with Crippen molar-refractivity contribution in [2.45, 2.75) is 45.7 Å². The predicted octanol–water partition coefficient (Wildman–Crippen LogP) is 3.74. The summed E-state index contributed by atoms with van der Waals surface area (Å²) >= 11 is 0. The first-order chi connectivity index (χ1) is 12.9. The summed E-state index contributed by atoms with van der Waals surface area (Å²) in [6.07, 6.45) is 2.10. The van der Waals surface area contributed by atoms with Crippen molar-refractivity contribution in [3.05, 3.63) is 59.7 Å². The molecule has 5 nitrogen and oxygen atoms in total. The Morgan fingerprint density at radius 2 is 1.85 bits per heavy atom. The highest BCUT2D eigenvalue weighted by Gasteiger charge is 2.24. The van der Waals surface area contributed by atoms with Crippen molar-refractivity contribution in [1.29, 1.82) is 0 Å². The fourth-order valence-corrected chi connectivity index (χ4v) is 3.02. The lowest BCUT2D eigenvalue weighted by atomic mass is 10.1. The number of carbonyl (C=O) groups is 2. The minimum absolute atomic E-state index is 0.0858. The number of carbonyl (C=O) groups excluding carboxylic acids is 2. The monoisotopic (exact) mass is 365 g/mol. The van der Waals surface area contributed by atoms with Crippen LogP contribution < -0.4 is 15.5 Å². The van der Waals surface area contributed by atoms with E-state index in [1.54, 1.807) is 24.3 Å². The van der Waals surface area contributed by atoms with Gasteiger partial charge in [0.05, 0.1) is 6.54 Å². The normalized spacial score (nSPS) is 13.3. The fraction of sp³-hybridized carbons (Fsp3) is 0.364. The number of amides is 2. The summed E-state index contributed by atoms with van der Waals surface area (Å²) in [5, 5.41) is 5.89. The lowest BCUT2D eigenvalue weighted by Crippen LogP contribution is -2.38. The van der Waals surface area contributed by atoms with Crippen LogP contribution in [0.15, 0.2) is 48.5 Å². The molecule has 0 saturated heterocycles. The molecule has 142 valence electrons. The molecule has 1 aliphatic carbocycles. The molecule has 0 aromatic heterocycles. The molecule has 3 rings (SSSR count). The summed E-state index contributed by atoms with van der Waals surface area (Å²) < 4.78 is 0. The van der Waals surface area contributed by atoms with Gasteiger partial charge in [-0.05, 0) is 63.4 Å². The standard InChI is InChI=1S/C22H27N3O2/c1-15(2)25(20-10-5-4-7-16(20)3)14-21(26)23-19-9-6-8-17(13-19)22(27)24-18-11-12-18/h4-10,13,15,18H,11-12,14H2,1-3H3,(H,23,26)(H,24,27). The molecule has 0 spiro atoms. The van der Waals surface area contributed by atoms with E-state index in [9.17, 15) is 9.59 Å². The van der Waals surface area contributed by atoms with E-state index >= 15 is 0 Å². The average molecular weight is 365 g/mol. The van der Waals surface area contributed by atoms with Gasteiger partial charge in [0.2, 0.25) is 5.91 Å². The van der Waals surface area contributed by atoms with Crippen LogP contribution in [0.1, 0.15) is 42.6 Å². The van der Waals surface area contributed by atoms with E-state index < -0.39 is 0 Å². The number of rotatable bonds is 7. The number of nitrogens with one attached hydrogen (secondary N) is 2. The molecule has 0 radical (unpaired) electrons. The minimum Gasteiger partial charge on any atom is -0.360 e. The Bertz CT molecular complexity index is 828. The fourth-order valence-electron chi connectivity index (χ4n) is 3.02. The first kappa shape index (κ1) is 19.0. The highest BCUT2D eigenvalue weighted by atomic mass is 16.2. The van der Waals surface area contributed by atoms with Crippen LogP contribution in [0.2, 0.25) is 0 Å². The number of para-hydroxylation sites is 1. The summed E-state index contributed by atoms with van der Waals surface area (Å²) in [7, 11) is 0. The summed E-state index contributed by atoms with van der Waals surface area (Å²) in [5.41, 5.74) is 3.40. The van der Waals surface area contributed by atoms with E-state index in [1.165, 1.54) is 0 Å². The largest absolute Gasteiger partial charge is 0.360 e. The Hall–Kier alpha value is -2.82. The molecule has 2 aromatic rings. The molecule has 0 bridgehead atoms. The summed E-state index contributed by atoms with van der Waals surface area (Å²) in [4.78, 5) is 26.9. The average Bonchev–Trinajstić information content (AvgIpc) is 3.44. The zero-order valence-corrected chi connectivity index (χ0v) is 16.2. The van der Waals surface area contributed by atoms with E-state index in [0.717, 1.165) is 24.1 Å². The highest BCUT2D eigenvalue weighted by Crippen LogP contribution is 2.22. The van der Waals surface area contributed by atoms with Crippen LogP contribution in [0.3, 0.4) is 0 Å². The van der Waals surface area contributed by atoms with Crippen molar-refractivity contribution >= 4 is 23.2 Å². The minimum atomic E-state index is -0.105. The molecule has 27 heavy (non-hydrogen) atoms. The molecule has 2 aromatic carbocycles. The molecule has 1 aliphatic rings. The van der Waals surface area contributed by atoms with Gasteiger partial charge in [-0.1, -0.05) is 24.3 Å². The van der Waals surface area contributed by atoms with Gasteiger partial charge in [0.25, 0.3) is 5.91 Å². The molecule has 0 aliphatic heterocycles. The molecule has 0 heterocycles. The Morgan fingerprint density at radius 1 is 1.11 bits per heavy atom. The molecule has 1 saturated carbocycles. The van der Waals surface area contributed by atoms with E-state index in [2.05, 4.69) is 29.4 Å². The van der Waals surface area contributed by atoms with Crippen LogP contribution in [0.25, 0.3) is 0 Å². The van der Waals surface area contributed by atoms with Gasteiger partial charge in [-0.3, -0.25) is 9.59 Å². The van der Waals surface area contributed by atoms with Crippen molar-refractivity contribution < 1.29 is 9.59 Å². The summed E-state index contributed by atoms with van der Waals surface area (Å²) in [5.74, 6) is -0.191. The smallest absolute Gasteiger partial charge is 0.251 e. The van der Waals surface area contributed by atoms with Gasteiger partial charge in [-0.25, -0.2) is 0 Å². The maximum Gasteiger partial charge on any atom is 0.251 e. The van der Waals surface area contributed by atoms with Crippen LogP contribution in [0.5, 0.6) is 0 Å². The molecule has 5 heteroatoms. The second-order valence-corrected chi connectivity index (χ2v) is 7.38. The Balaban J connectivity index is 1.67. The van der Waals surface area contributed by atoms with Crippen molar-refractivity contribution in [3.8, 4) is 0 Å². The quantitative estimate of drug-likeness (QED) is 0.786. The van der Waals surface area contributed by atoms with Crippen LogP contribution in [-0.4, -0.2) is 30.4 Å². The van der Waals surface area contributed by atoms with Crippen molar-refractivity contribution in [1.82, 2.24) is 5.32 Å². The molecular weight excluding hydrogens is 338 g/mol. The molecule has 0 atom stereocenters. The Morgan fingerprint density at radius 3 is 2.52 bits per heavy atom. The van der Waals surface area contributed by atoms with Gasteiger partial charge in [0, 0.05) is 29.0 Å². The lowest BCUT2D eigenvalue weighted by Gasteiger charge is -2.29. The zero-order chi connectivity index (χ0) is 19.4. The van der Waals surface area contributed by atoms with Gasteiger partial charge >= 0.3 is 0 Å². The van der Waals surface area contributed by atoms with E-state index in [4.69, 9.17) is 0 Å². The predicted molar refractivity (Wildman–Crippen MR) is 109 cm³/mol. The molecule has 2 amide bonds. The van der Waals surface area contributed by atoms with Crippen molar-refractivity contribution in [2.75, 3.05) is 16.8 Å². The van der Waals surface area contributed by atoms with Crippen LogP contribution in [0, 0.1) is 6.92 Å². The van der Waals surface area contributed by atoms with E-state index in [0.29, 0.717) is 17.3 Å². The van der Waals surface area contributed by atoms with Crippen LogP contribution in [0.4, 0.5) is 11.4 Å². The number of hydrogen-bond acceptors (Lipinski definition) is 3. The highest BCUT2D eigenvalue weighted by molar-refractivity contribution is 5.98. The number of hydrogen-bond donors (Lipinski definition) is 2. The molecule has 1 fully saturated rings. The molecule has 2 N–H and O–H groups in total. The van der Waals surface area contributed by atoms with Crippen molar-refractivity contribution in [2.24, 2.45) is 0 Å². The number of aryl methyl sites for hydroxylation is 1. The third-order valence-corrected chi connectivity index (χ3v) is 4.68. The second kappa shape index (κ2) is 8.25. The topological polar surface area (TPSA) is 61.4 Å². The van der Waals surface area contributed by atoms with Gasteiger partial charge in [0.15, 0.2) is 0 Å². The maximum absolute atomic E-state index is 12.6. The van der Waals surface area contributed by atoms with Gasteiger partial charge in [-0.15, -0.1) is 0 Å². The Labute approximate surface area is 160 Å². The molecule has 0 unspecified atom stereocenters. The summed E-state index contributed by atoms with van der Waals surface area (Å²) in [6, 6.07) is 15.6. The third-order valence-electron chi connectivity index (χ3n) is 4.68. The third kappa shape index (κ3) is 5.09. The SMILES string of the molecule is Cc1ccccc1N(CC(=O)Nc1cccc(C(=O)NC2CC2)c1)C(C)C. The van der Waals surface area contributed by atoms with Crippen LogP contribution in [-0.2, 0) is 4.79 Å². The first-order valence-corrected chi connectivity index (χ1v) is 9.47. The second-order valence-electron chi connectivity index (χ2n) is 7.38.